The zero-order valence-electron chi connectivity index (χ0n) is 10.4. The highest BCUT2D eigenvalue weighted by Gasteiger charge is 2.10. The van der Waals surface area contributed by atoms with E-state index in [0.29, 0.717) is 18.8 Å². The number of thiazole rings is 1. The molecule has 3 N–H and O–H groups in total. The van der Waals surface area contributed by atoms with Crippen molar-refractivity contribution in [2.45, 2.75) is 13.5 Å². The second kappa shape index (κ2) is 6.48. The number of amides is 1. The number of nitrogens with zero attached hydrogens (tertiary/aromatic N) is 1. The van der Waals surface area contributed by atoms with Crippen molar-refractivity contribution in [2.75, 3.05) is 6.54 Å². The molecule has 2 heterocycles. The van der Waals surface area contributed by atoms with Crippen LogP contribution in [0, 0.1) is 18.8 Å². The Balaban J connectivity index is 1.99. The van der Waals surface area contributed by atoms with Crippen LogP contribution in [0.2, 0.25) is 0 Å². The van der Waals surface area contributed by atoms with Gasteiger partial charge in [-0.05, 0) is 18.4 Å². The molecule has 0 fully saturated rings. The zero-order valence-corrected chi connectivity index (χ0v) is 12.0. The lowest BCUT2D eigenvalue weighted by atomic mass is 10.2. The molecule has 6 heteroatoms. The van der Waals surface area contributed by atoms with Gasteiger partial charge >= 0.3 is 0 Å². The van der Waals surface area contributed by atoms with Crippen LogP contribution in [-0.4, -0.2) is 17.4 Å². The molecule has 98 valence electrons. The van der Waals surface area contributed by atoms with Crippen molar-refractivity contribution in [3.05, 3.63) is 38.0 Å². The van der Waals surface area contributed by atoms with Crippen LogP contribution in [0.4, 0.5) is 0 Å². The molecule has 2 rings (SSSR count). The van der Waals surface area contributed by atoms with Crippen LogP contribution in [0.15, 0.2) is 16.8 Å². The lowest BCUT2D eigenvalue weighted by Gasteiger charge is -2.01. The number of rotatable bonds is 3. The molecule has 0 aliphatic heterocycles. The number of hydrogen-bond acceptors (Lipinski definition) is 5. The van der Waals surface area contributed by atoms with Gasteiger partial charge in [-0.15, -0.1) is 22.7 Å². The minimum atomic E-state index is -0.157. The summed E-state index contributed by atoms with van der Waals surface area (Å²) in [6, 6.07) is 1.93. The average Bonchev–Trinajstić information content (AvgIpc) is 3.02. The SMILES string of the molecule is Cc1nc(C(=O)NCc2sccc2C#CCN)cs1. The monoisotopic (exact) mass is 291 g/mol. The standard InChI is InChI=1S/C13H13N3OS2/c1-9-16-11(8-19-9)13(17)15-7-12-10(3-2-5-14)4-6-18-12/h4,6,8H,5,7,14H2,1H3,(H,15,17). The largest absolute Gasteiger partial charge is 0.346 e. The molecule has 19 heavy (non-hydrogen) atoms. The van der Waals surface area contributed by atoms with Crippen LogP contribution in [0.1, 0.15) is 25.9 Å². The summed E-state index contributed by atoms with van der Waals surface area (Å²) in [4.78, 5) is 17.0. The quantitative estimate of drug-likeness (QED) is 0.847. The molecule has 0 atom stereocenters. The van der Waals surface area contributed by atoms with Gasteiger partial charge in [0.15, 0.2) is 0 Å². The molecule has 0 aliphatic rings. The third-order valence-electron chi connectivity index (χ3n) is 2.33. The number of aromatic nitrogens is 1. The van der Waals surface area contributed by atoms with Crippen LogP contribution in [0.3, 0.4) is 0 Å². The number of thiophene rings is 1. The van der Waals surface area contributed by atoms with E-state index in [1.54, 1.807) is 16.7 Å². The first-order valence-corrected chi connectivity index (χ1v) is 7.42. The Kier molecular flexibility index (Phi) is 4.68. The van der Waals surface area contributed by atoms with E-state index >= 15 is 0 Å². The fourth-order valence-corrected chi connectivity index (χ4v) is 2.82. The Hall–Kier alpha value is -1.68. The van der Waals surface area contributed by atoms with Gasteiger partial charge in [0.2, 0.25) is 0 Å². The molecule has 0 saturated carbocycles. The van der Waals surface area contributed by atoms with E-state index in [1.165, 1.54) is 11.3 Å². The maximum atomic E-state index is 11.9. The van der Waals surface area contributed by atoms with Crippen LogP contribution in [-0.2, 0) is 6.54 Å². The predicted molar refractivity (Wildman–Crippen MR) is 78.3 cm³/mol. The fourth-order valence-electron chi connectivity index (χ4n) is 1.45. The number of carbonyl (C=O) groups excluding carboxylic acids is 1. The van der Waals surface area contributed by atoms with Gasteiger partial charge in [0.05, 0.1) is 18.1 Å². The Morgan fingerprint density at radius 1 is 1.53 bits per heavy atom. The van der Waals surface area contributed by atoms with Gasteiger partial charge in [0, 0.05) is 15.8 Å². The molecule has 4 nitrogen and oxygen atoms in total. The summed E-state index contributed by atoms with van der Waals surface area (Å²) in [5.41, 5.74) is 6.74. The minimum Gasteiger partial charge on any atom is -0.346 e. The van der Waals surface area contributed by atoms with Crippen LogP contribution in [0.5, 0.6) is 0 Å². The third-order valence-corrected chi connectivity index (χ3v) is 4.03. The van der Waals surface area contributed by atoms with Crippen molar-refractivity contribution >= 4 is 28.6 Å². The summed E-state index contributed by atoms with van der Waals surface area (Å²) < 4.78 is 0. The minimum absolute atomic E-state index is 0.157. The summed E-state index contributed by atoms with van der Waals surface area (Å²) in [6.07, 6.45) is 0. The topological polar surface area (TPSA) is 68.0 Å². The fraction of sp³-hybridized carbons (Fsp3) is 0.231. The Morgan fingerprint density at radius 3 is 3.05 bits per heavy atom. The molecular weight excluding hydrogens is 278 g/mol. The Bertz CT molecular complexity index is 634. The first-order chi connectivity index (χ1) is 9.20. The third kappa shape index (κ3) is 3.64. The van der Waals surface area contributed by atoms with Crippen molar-refractivity contribution in [1.82, 2.24) is 10.3 Å². The van der Waals surface area contributed by atoms with E-state index in [2.05, 4.69) is 22.1 Å². The number of hydrogen-bond donors (Lipinski definition) is 2. The van der Waals surface area contributed by atoms with Crippen molar-refractivity contribution < 1.29 is 4.79 Å². The maximum Gasteiger partial charge on any atom is 0.271 e. The van der Waals surface area contributed by atoms with Gasteiger partial charge in [-0.2, -0.15) is 0 Å². The highest BCUT2D eigenvalue weighted by Crippen LogP contribution is 2.16. The molecule has 0 spiro atoms. The molecule has 0 bridgehead atoms. The first-order valence-electron chi connectivity index (χ1n) is 5.66. The summed E-state index contributed by atoms with van der Waals surface area (Å²) in [7, 11) is 0. The van der Waals surface area contributed by atoms with Crippen molar-refractivity contribution in [3.63, 3.8) is 0 Å². The lowest BCUT2D eigenvalue weighted by Crippen LogP contribution is -2.23. The highest BCUT2D eigenvalue weighted by atomic mass is 32.1. The number of aryl methyl sites for hydroxylation is 1. The van der Waals surface area contributed by atoms with Crippen LogP contribution in [0.25, 0.3) is 0 Å². The normalized spacial score (nSPS) is 9.79. The molecule has 0 unspecified atom stereocenters. The summed E-state index contributed by atoms with van der Waals surface area (Å²) >= 11 is 3.03. The van der Waals surface area contributed by atoms with Crippen molar-refractivity contribution in [3.8, 4) is 11.8 Å². The van der Waals surface area contributed by atoms with E-state index in [0.717, 1.165) is 15.4 Å². The molecular formula is C13H13N3OS2. The van der Waals surface area contributed by atoms with Gasteiger partial charge in [-0.1, -0.05) is 11.8 Å². The van der Waals surface area contributed by atoms with Gasteiger partial charge < -0.3 is 11.1 Å². The summed E-state index contributed by atoms with van der Waals surface area (Å²) in [5.74, 6) is 5.65. The molecule has 0 radical (unpaired) electrons. The second-order valence-corrected chi connectivity index (χ2v) is 5.76. The van der Waals surface area contributed by atoms with E-state index in [1.807, 2.05) is 18.4 Å². The molecule has 0 aliphatic carbocycles. The highest BCUT2D eigenvalue weighted by molar-refractivity contribution is 7.10. The molecule has 1 amide bonds. The van der Waals surface area contributed by atoms with Crippen molar-refractivity contribution in [1.29, 1.82) is 0 Å². The van der Waals surface area contributed by atoms with Crippen LogP contribution >= 0.6 is 22.7 Å². The van der Waals surface area contributed by atoms with Gasteiger partial charge in [0.1, 0.15) is 5.69 Å². The smallest absolute Gasteiger partial charge is 0.271 e. The average molecular weight is 291 g/mol. The first kappa shape index (κ1) is 13.7. The lowest BCUT2D eigenvalue weighted by molar-refractivity contribution is 0.0947. The number of nitrogens with two attached hydrogens (primary N) is 1. The Morgan fingerprint density at radius 2 is 2.37 bits per heavy atom. The molecule has 2 aromatic heterocycles. The predicted octanol–water partition coefficient (Wildman–Crippen LogP) is 1.75. The van der Waals surface area contributed by atoms with E-state index in [4.69, 9.17) is 5.73 Å². The summed E-state index contributed by atoms with van der Waals surface area (Å²) in [5, 5.41) is 7.44. The maximum absolute atomic E-state index is 11.9. The van der Waals surface area contributed by atoms with Gasteiger partial charge in [-0.3, -0.25) is 4.79 Å². The second-order valence-electron chi connectivity index (χ2n) is 3.70. The molecule has 0 aromatic carbocycles. The van der Waals surface area contributed by atoms with Crippen molar-refractivity contribution in [2.24, 2.45) is 5.73 Å². The van der Waals surface area contributed by atoms with Gasteiger partial charge in [0.25, 0.3) is 5.91 Å². The Labute approximate surface area is 119 Å². The van der Waals surface area contributed by atoms with E-state index in [9.17, 15) is 4.79 Å². The van der Waals surface area contributed by atoms with E-state index in [-0.39, 0.29) is 5.91 Å². The van der Waals surface area contributed by atoms with Gasteiger partial charge in [-0.25, -0.2) is 4.98 Å². The number of carbonyl (C=O) groups is 1. The molecule has 2 aromatic rings. The van der Waals surface area contributed by atoms with Crippen LogP contribution < -0.4 is 11.1 Å². The number of nitrogens with one attached hydrogen (secondary N) is 1. The molecule has 0 saturated heterocycles. The summed E-state index contributed by atoms with van der Waals surface area (Å²) in [6.45, 7) is 2.67. The van der Waals surface area contributed by atoms with E-state index < -0.39 is 0 Å². The zero-order chi connectivity index (χ0) is 13.7.